The van der Waals surface area contributed by atoms with Crippen molar-refractivity contribution in [2.75, 3.05) is 44.7 Å². The lowest BCUT2D eigenvalue weighted by atomic mass is 9.85. The number of carboxylic acid groups (broad SMARTS) is 1. The number of thioether (sulfide) groups is 1. The number of aliphatic imine (C=N–C) groups is 1. The van der Waals surface area contributed by atoms with E-state index >= 15 is 9.59 Å². The molecule has 0 radical (unpaired) electrons. The fourth-order valence-electron chi connectivity index (χ4n) is 12.1. The third-order valence-corrected chi connectivity index (χ3v) is 18.4. The van der Waals surface area contributed by atoms with Crippen molar-refractivity contribution in [1.82, 2.24) is 47.1 Å². The molecule has 4 aromatic rings. The Morgan fingerprint density at radius 1 is 0.586 bits per heavy atom. The molecule has 3 aromatic carbocycles. The Kier molecular flexibility index (Phi) is 34.7. The van der Waals surface area contributed by atoms with E-state index in [0.29, 0.717) is 93.4 Å². The molecule has 28 nitrogen and oxygen atoms in total. The average molecular weight is 1400 g/mol. The lowest BCUT2D eigenvalue weighted by Gasteiger charge is -2.32. The standard InChI is InChI=1S/C70H106N16O12S/c1-42(2)49(61(89)79-54(30-36-99-4)65(93)84-57(39-46-41-78-51-21-9-8-19-48(46)51)67(95)81-52(22-11-14-32-72)63(91)82-55(69(97)98)23-12-15-33-73)40-59(88)60-43(3)29-35-86(60)68(96)58(38-45-25-27-47(87)28-26-45)85-66(94)56(37-44-17-6-5-7-18-44)83-64(92)53(24-16-34-77-70(75)76)80-62(90)50(74)20-10-13-31-71/h5-9,17-19,21,25-28,41-43,49-50,52-58,60,78,87H,10-16,20,22-24,29-40,71-74H2,1-4H3,(H,79,89)(H,80,90)(H,81,95)(H,82,91)(H,83,92)(H,84,93)(H,85,94)(H,97,98)(H4,75,76,77)/t43-,49+,50-,52+,53+,54+,55-,56+,57+,58+,60+/m1/s1. The number of hydrogen-bond donors (Lipinski definition) is 16. The van der Waals surface area contributed by atoms with E-state index in [1.807, 2.05) is 37.4 Å². The van der Waals surface area contributed by atoms with Gasteiger partial charge in [0, 0.05) is 61.8 Å². The molecule has 1 fully saturated rings. The van der Waals surface area contributed by atoms with Crippen molar-refractivity contribution in [3.63, 3.8) is 0 Å². The van der Waals surface area contributed by atoms with E-state index in [2.05, 4.69) is 47.2 Å². The second-order valence-electron chi connectivity index (χ2n) is 25.8. The predicted octanol–water partition coefficient (Wildman–Crippen LogP) is 1.37. The van der Waals surface area contributed by atoms with Crippen molar-refractivity contribution in [1.29, 1.82) is 0 Å². The molecule has 1 aliphatic rings. The molecule has 99 heavy (non-hydrogen) atoms. The minimum atomic E-state index is -1.36. The van der Waals surface area contributed by atoms with Crippen LogP contribution in [-0.2, 0) is 67.2 Å². The van der Waals surface area contributed by atoms with Crippen LogP contribution in [0.4, 0.5) is 0 Å². The van der Waals surface area contributed by atoms with Crippen molar-refractivity contribution in [3.05, 3.63) is 102 Å². The van der Waals surface area contributed by atoms with Crippen LogP contribution in [-0.4, -0.2) is 184 Å². The zero-order valence-corrected chi connectivity index (χ0v) is 58.3. The van der Waals surface area contributed by atoms with E-state index in [1.165, 1.54) is 28.8 Å². The molecular formula is C70H106N16O12S. The van der Waals surface area contributed by atoms with Gasteiger partial charge in [0.1, 0.15) is 48.0 Å². The fraction of sp³-hybridized carbons (Fsp3) is 0.557. The predicted molar refractivity (Wildman–Crippen MR) is 382 cm³/mol. The van der Waals surface area contributed by atoms with Crippen LogP contribution in [0.1, 0.15) is 127 Å². The fourth-order valence-corrected chi connectivity index (χ4v) is 12.5. The van der Waals surface area contributed by atoms with Crippen LogP contribution < -0.4 is 71.6 Å². The number of aromatic amines is 1. The lowest BCUT2D eigenvalue weighted by Crippen LogP contribution is -2.59. The van der Waals surface area contributed by atoms with Crippen molar-refractivity contribution in [2.24, 2.45) is 57.1 Å². The van der Waals surface area contributed by atoms with E-state index in [1.54, 1.807) is 62.5 Å². The number of rotatable bonds is 45. The third-order valence-electron chi connectivity index (χ3n) is 17.8. The Morgan fingerprint density at radius 2 is 1.07 bits per heavy atom. The quantitative estimate of drug-likeness (QED) is 0.0169. The van der Waals surface area contributed by atoms with Gasteiger partial charge >= 0.3 is 5.97 Å². The van der Waals surface area contributed by atoms with E-state index in [0.717, 1.165) is 10.9 Å². The zero-order valence-electron chi connectivity index (χ0n) is 57.5. The largest absolute Gasteiger partial charge is 0.508 e. The van der Waals surface area contributed by atoms with Gasteiger partial charge in [-0.15, -0.1) is 0 Å². The van der Waals surface area contributed by atoms with Gasteiger partial charge in [-0.3, -0.25) is 48.1 Å². The lowest BCUT2D eigenvalue weighted by molar-refractivity contribution is -0.143. The van der Waals surface area contributed by atoms with Gasteiger partial charge in [0.15, 0.2) is 11.7 Å². The number of carboxylic acids is 1. The Bertz CT molecular complexity index is 3300. The molecule has 11 atom stereocenters. The molecule has 0 aliphatic carbocycles. The summed E-state index contributed by atoms with van der Waals surface area (Å²) in [5.74, 6) is -9.07. The molecule has 0 unspecified atom stereocenters. The van der Waals surface area contributed by atoms with Crippen molar-refractivity contribution >= 4 is 87.6 Å². The summed E-state index contributed by atoms with van der Waals surface area (Å²) < 4.78 is 0. The van der Waals surface area contributed by atoms with Crippen LogP contribution >= 0.6 is 11.8 Å². The Hall–Kier alpha value is -8.64. The van der Waals surface area contributed by atoms with Gasteiger partial charge in [-0.2, -0.15) is 11.8 Å². The van der Waals surface area contributed by atoms with Crippen LogP contribution in [0.25, 0.3) is 10.9 Å². The molecule has 544 valence electrons. The summed E-state index contributed by atoms with van der Waals surface area (Å²) in [6, 6.07) is 11.2. The summed E-state index contributed by atoms with van der Waals surface area (Å²) in [6.07, 6.45) is 7.27. The number of hydrogen-bond acceptors (Lipinski definition) is 17. The van der Waals surface area contributed by atoms with E-state index in [4.69, 9.17) is 34.4 Å². The number of aromatic nitrogens is 1. The summed E-state index contributed by atoms with van der Waals surface area (Å²) in [5.41, 5.74) is 37.1. The number of phenolic OH excluding ortho intramolecular Hbond substituents is 1. The van der Waals surface area contributed by atoms with Crippen molar-refractivity contribution in [2.45, 2.75) is 184 Å². The summed E-state index contributed by atoms with van der Waals surface area (Å²) in [5, 5.41) is 40.6. The highest BCUT2D eigenvalue weighted by atomic mass is 32.2. The molecule has 22 N–H and O–H groups in total. The number of H-pyrrole nitrogens is 1. The number of fused-ring (bicyclic) bond motifs is 1. The minimum Gasteiger partial charge on any atom is -0.508 e. The van der Waals surface area contributed by atoms with Gasteiger partial charge in [-0.05, 0) is 155 Å². The SMILES string of the molecule is CSCC[C@H](NC(=O)[C@@H](CC(=O)[C@@H]1[C@H](C)CCN1C(=O)[C@H](Cc1ccc(O)cc1)NC(=O)[C@H](Cc1ccccc1)NC(=O)[C@H](CCCN=C(N)N)NC(=O)[C@H](N)CCCCN)C(C)C)C(=O)N[C@@H](Cc1c[nH]c2ccccc12)C(=O)N[C@@H](CCCCN)C(=O)N[C@H](CCCCN)C(=O)O. The summed E-state index contributed by atoms with van der Waals surface area (Å²) in [7, 11) is 0. The number of aromatic hydroxyl groups is 1. The van der Waals surface area contributed by atoms with E-state index in [-0.39, 0.29) is 82.6 Å². The number of nitrogens with zero attached hydrogens (tertiary/aromatic N) is 2. The van der Waals surface area contributed by atoms with E-state index < -0.39 is 131 Å². The van der Waals surface area contributed by atoms with Gasteiger partial charge in [-0.25, -0.2) is 4.79 Å². The number of carbonyl (C=O) groups excluding carboxylic acids is 9. The smallest absolute Gasteiger partial charge is 0.326 e. The molecule has 1 aliphatic heterocycles. The molecule has 1 aromatic heterocycles. The number of carbonyl (C=O) groups is 10. The van der Waals surface area contributed by atoms with Gasteiger partial charge in [0.2, 0.25) is 47.3 Å². The normalized spacial score (nSPS) is 16.4. The van der Waals surface area contributed by atoms with Crippen LogP contribution in [0.5, 0.6) is 5.75 Å². The van der Waals surface area contributed by atoms with Gasteiger partial charge in [0.25, 0.3) is 0 Å². The number of nitrogens with two attached hydrogens (primary N) is 6. The maximum absolute atomic E-state index is 15.4. The van der Waals surface area contributed by atoms with Gasteiger partial charge < -0.3 is 91.7 Å². The Balaban J connectivity index is 1.42. The number of para-hydroxylation sites is 1. The number of unbranched alkanes of at least 4 members (excludes halogenated alkanes) is 3. The number of likely N-dealkylation sites (tertiary alicyclic amines) is 1. The van der Waals surface area contributed by atoms with Gasteiger partial charge in [0.05, 0.1) is 12.1 Å². The number of nitrogens with one attached hydrogen (secondary N) is 8. The van der Waals surface area contributed by atoms with Crippen LogP contribution in [0.2, 0.25) is 0 Å². The highest BCUT2D eigenvalue weighted by molar-refractivity contribution is 7.98. The summed E-state index contributed by atoms with van der Waals surface area (Å²) >= 11 is 1.41. The number of Topliss-reactive ketones (excluding diaryl/α,β-unsaturated/α-hetero) is 1. The highest BCUT2D eigenvalue weighted by Crippen LogP contribution is 2.30. The molecule has 8 amide bonds. The second-order valence-corrected chi connectivity index (χ2v) is 26.8. The van der Waals surface area contributed by atoms with Crippen LogP contribution in [0.3, 0.4) is 0 Å². The summed E-state index contributed by atoms with van der Waals surface area (Å²) in [6.45, 7) is 6.58. The van der Waals surface area contributed by atoms with Gasteiger partial charge in [-0.1, -0.05) is 87.9 Å². The molecule has 0 bridgehead atoms. The molecule has 0 saturated carbocycles. The van der Waals surface area contributed by atoms with E-state index in [9.17, 15) is 48.6 Å². The number of amides is 8. The first-order valence-corrected chi connectivity index (χ1v) is 35.7. The second kappa shape index (κ2) is 42.3. The molecule has 2 heterocycles. The molecular weight excluding hydrogens is 1290 g/mol. The molecule has 29 heteroatoms. The average Bonchev–Trinajstić information content (AvgIpc) is 1.74. The molecule has 0 spiro atoms. The number of guanidine groups is 1. The minimum absolute atomic E-state index is 0.0494. The Morgan fingerprint density at radius 3 is 1.66 bits per heavy atom. The number of aliphatic carboxylic acids is 1. The first-order valence-electron chi connectivity index (χ1n) is 34.3. The van der Waals surface area contributed by atoms with Crippen LogP contribution in [0.15, 0.2) is 90.1 Å². The molecule has 5 rings (SSSR count). The number of benzene rings is 3. The topological polar surface area (TPSA) is 483 Å². The Labute approximate surface area is 584 Å². The van der Waals surface area contributed by atoms with Crippen LogP contribution in [0, 0.1) is 17.8 Å². The third kappa shape index (κ3) is 26.5. The van der Waals surface area contributed by atoms with Crippen molar-refractivity contribution < 1.29 is 58.2 Å². The first-order chi connectivity index (χ1) is 47.4. The zero-order chi connectivity index (χ0) is 72.6. The highest BCUT2D eigenvalue weighted by Gasteiger charge is 2.44. The number of phenols is 1. The maximum Gasteiger partial charge on any atom is 0.326 e. The molecule has 1 saturated heterocycles. The number of ketones is 1. The maximum atomic E-state index is 15.4. The summed E-state index contributed by atoms with van der Waals surface area (Å²) in [4.78, 5) is 153. The van der Waals surface area contributed by atoms with Crippen molar-refractivity contribution in [3.8, 4) is 5.75 Å². The monoisotopic (exact) mass is 1390 g/mol. The first kappa shape index (κ1) is 81.0.